The molecule has 0 aromatic heterocycles. The molecule has 1 aliphatic heterocycles. The monoisotopic (exact) mass is 265 g/mol. The van der Waals surface area contributed by atoms with Gasteiger partial charge in [-0.05, 0) is 50.4 Å². The van der Waals surface area contributed by atoms with Crippen LogP contribution in [0.2, 0.25) is 0 Å². The lowest BCUT2D eigenvalue weighted by Crippen LogP contribution is -2.51. The second-order valence-electron chi connectivity index (χ2n) is 6.73. The van der Waals surface area contributed by atoms with Crippen LogP contribution in [0.1, 0.15) is 45.4 Å². The van der Waals surface area contributed by atoms with Gasteiger partial charge in [0.1, 0.15) is 0 Å². The van der Waals surface area contributed by atoms with E-state index in [-0.39, 0.29) is 11.8 Å². The first kappa shape index (κ1) is 12.9. The lowest BCUT2D eigenvalue weighted by molar-refractivity contribution is -0.156. The number of piperidine rings is 1. The SMILES string of the molecule is CCC1(C(=O)O)CCCN(C(=O)C2CC3CC3C2)C1. The average molecular weight is 265 g/mol. The summed E-state index contributed by atoms with van der Waals surface area (Å²) in [6.07, 6.45) is 5.56. The van der Waals surface area contributed by atoms with Crippen LogP contribution in [0, 0.1) is 23.2 Å². The fourth-order valence-electron chi connectivity index (χ4n) is 4.11. The fraction of sp³-hybridized carbons (Fsp3) is 0.867. The Morgan fingerprint density at radius 3 is 2.53 bits per heavy atom. The number of hydrogen-bond acceptors (Lipinski definition) is 2. The highest BCUT2D eigenvalue weighted by molar-refractivity contribution is 5.81. The van der Waals surface area contributed by atoms with E-state index in [1.54, 1.807) is 0 Å². The highest BCUT2D eigenvalue weighted by atomic mass is 16.4. The van der Waals surface area contributed by atoms with Crippen LogP contribution in [0.4, 0.5) is 0 Å². The van der Waals surface area contributed by atoms with Crippen molar-refractivity contribution in [1.82, 2.24) is 4.90 Å². The summed E-state index contributed by atoms with van der Waals surface area (Å²) in [6, 6.07) is 0. The number of carbonyl (C=O) groups is 2. The van der Waals surface area contributed by atoms with Gasteiger partial charge in [-0.3, -0.25) is 9.59 Å². The zero-order valence-electron chi connectivity index (χ0n) is 11.6. The Morgan fingerprint density at radius 2 is 1.95 bits per heavy atom. The zero-order chi connectivity index (χ0) is 13.6. The van der Waals surface area contributed by atoms with E-state index in [0.29, 0.717) is 19.4 Å². The summed E-state index contributed by atoms with van der Waals surface area (Å²) in [4.78, 5) is 25.9. The maximum Gasteiger partial charge on any atom is 0.311 e. The van der Waals surface area contributed by atoms with Gasteiger partial charge in [0.15, 0.2) is 0 Å². The van der Waals surface area contributed by atoms with Crippen molar-refractivity contribution in [2.24, 2.45) is 23.2 Å². The molecule has 0 spiro atoms. The number of fused-ring (bicyclic) bond motifs is 1. The largest absolute Gasteiger partial charge is 0.481 e. The van der Waals surface area contributed by atoms with Crippen molar-refractivity contribution in [3.8, 4) is 0 Å². The highest BCUT2D eigenvalue weighted by Gasteiger charge is 2.50. The Labute approximate surface area is 114 Å². The molecule has 19 heavy (non-hydrogen) atoms. The summed E-state index contributed by atoms with van der Waals surface area (Å²) in [5, 5.41) is 9.46. The van der Waals surface area contributed by atoms with Gasteiger partial charge in [-0.2, -0.15) is 0 Å². The Kier molecular flexibility index (Phi) is 3.06. The number of rotatable bonds is 3. The molecule has 2 saturated carbocycles. The van der Waals surface area contributed by atoms with Crippen LogP contribution in [0.15, 0.2) is 0 Å². The number of likely N-dealkylation sites (tertiary alicyclic amines) is 1. The molecule has 0 radical (unpaired) electrons. The number of hydrogen-bond donors (Lipinski definition) is 1. The van der Waals surface area contributed by atoms with Crippen LogP contribution >= 0.6 is 0 Å². The van der Waals surface area contributed by atoms with Crippen molar-refractivity contribution in [2.45, 2.75) is 45.4 Å². The van der Waals surface area contributed by atoms with Crippen molar-refractivity contribution < 1.29 is 14.7 Å². The van der Waals surface area contributed by atoms with Gasteiger partial charge in [-0.1, -0.05) is 6.92 Å². The van der Waals surface area contributed by atoms with E-state index >= 15 is 0 Å². The number of aliphatic carboxylic acids is 1. The second kappa shape index (κ2) is 4.50. The quantitative estimate of drug-likeness (QED) is 0.850. The van der Waals surface area contributed by atoms with Gasteiger partial charge in [0.25, 0.3) is 0 Å². The van der Waals surface area contributed by atoms with E-state index in [0.717, 1.165) is 37.6 Å². The minimum absolute atomic E-state index is 0.185. The molecule has 3 unspecified atom stereocenters. The van der Waals surface area contributed by atoms with Crippen molar-refractivity contribution in [3.05, 3.63) is 0 Å². The maximum absolute atomic E-state index is 12.5. The summed E-state index contributed by atoms with van der Waals surface area (Å²) < 4.78 is 0. The molecule has 106 valence electrons. The standard InChI is InChI=1S/C15H23NO3/c1-2-15(14(18)19)4-3-5-16(9-15)13(17)12-7-10-6-11(10)8-12/h10-12H,2-9H2,1H3,(H,18,19). The number of carbonyl (C=O) groups excluding carboxylic acids is 1. The molecule has 1 saturated heterocycles. The average Bonchev–Trinajstić information content (AvgIpc) is 3.04. The van der Waals surface area contributed by atoms with Crippen LogP contribution in [0.25, 0.3) is 0 Å². The Hall–Kier alpha value is -1.06. The van der Waals surface area contributed by atoms with E-state index < -0.39 is 11.4 Å². The summed E-state index contributed by atoms with van der Waals surface area (Å²) in [5.41, 5.74) is -0.699. The molecule has 1 N–H and O–H groups in total. The molecule has 0 aromatic rings. The third-order valence-corrected chi connectivity index (χ3v) is 5.61. The van der Waals surface area contributed by atoms with Gasteiger partial charge < -0.3 is 10.0 Å². The molecular formula is C15H23NO3. The van der Waals surface area contributed by atoms with Gasteiger partial charge in [-0.15, -0.1) is 0 Å². The number of carboxylic acids is 1. The van der Waals surface area contributed by atoms with Crippen LogP contribution in [0.3, 0.4) is 0 Å². The van der Waals surface area contributed by atoms with E-state index in [1.165, 1.54) is 6.42 Å². The van der Waals surface area contributed by atoms with Crippen molar-refractivity contribution in [2.75, 3.05) is 13.1 Å². The van der Waals surface area contributed by atoms with E-state index in [4.69, 9.17) is 0 Å². The molecule has 3 rings (SSSR count). The van der Waals surface area contributed by atoms with E-state index in [1.807, 2.05) is 11.8 Å². The van der Waals surface area contributed by atoms with Gasteiger partial charge in [0, 0.05) is 19.0 Å². The molecule has 0 aromatic carbocycles. The minimum Gasteiger partial charge on any atom is -0.481 e. The Balaban J connectivity index is 1.67. The summed E-state index contributed by atoms with van der Waals surface area (Å²) in [6.45, 7) is 3.09. The lowest BCUT2D eigenvalue weighted by Gasteiger charge is -2.40. The second-order valence-corrected chi connectivity index (χ2v) is 6.73. The van der Waals surface area contributed by atoms with E-state index in [9.17, 15) is 14.7 Å². The van der Waals surface area contributed by atoms with Crippen LogP contribution in [-0.4, -0.2) is 35.0 Å². The third-order valence-electron chi connectivity index (χ3n) is 5.61. The molecule has 3 atom stereocenters. The molecule has 4 nitrogen and oxygen atoms in total. The van der Waals surface area contributed by atoms with Gasteiger partial charge in [-0.25, -0.2) is 0 Å². The van der Waals surface area contributed by atoms with Crippen LogP contribution in [-0.2, 0) is 9.59 Å². The zero-order valence-corrected chi connectivity index (χ0v) is 11.6. The Bertz CT molecular complexity index is 398. The normalized spacial score (nSPS) is 40.9. The number of amides is 1. The van der Waals surface area contributed by atoms with Crippen molar-refractivity contribution >= 4 is 11.9 Å². The Morgan fingerprint density at radius 1 is 1.26 bits per heavy atom. The maximum atomic E-state index is 12.5. The molecule has 2 aliphatic carbocycles. The predicted molar refractivity (Wildman–Crippen MR) is 70.5 cm³/mol. The molecule has 1 amide bonds. The summed E-state index contributed by atoms with van der Waals surface area (Å²) in [5.74, 6) is 1.28. The molecule has 3 aliphatic rings. The third kappa shape index (κ3) is 2.15. The predicted octanol–water partition coefficient (Wildman–Crippen LogP) is 2.14. The molecule has 1 heterocycles. The number of carboxylic acid groups (broad SMARTS) is 1. The lowest BCUT2D eigenvalue weighted by atomic mass is 9.77. The first-order valence-electron chi connectivity index (χ1n) is 7.58. The van der Waals surface area contributed by atoms with Crippen LogP contribution in [0.5, 0.6) is 0 Å². The minimum atomic E-state index is -0.734. The van der Waals surface area contributed by atoms with Gasteiger partial charge >= 0.3 is 5.97 Å². The highest BCUT2D eigenvalue weighted by Crippen LogP contribution is 2.54. The molecule has 0 bridgehead atoms. The van der Waals surface area contributed by atoms with Gasteiger partial charge in [0.2, 0.25) is 5.91 Å². The molecule has 4 heteroatoms. The topological polar surface area (TPSA) is 57.6 Å². The van der Waals surface area contributed by atoms with Gasteiger partial charge in [0.05, 0.1) is 5.41 Å². The smallest absolute Gasteiger partial charge is 0.311 e. The first-order chi connectivity index (χ1) is 9.05. The summed E-state index contributed by atoms with van der Waals surface area (Å²) in [7, 11) is 0. The summed E-state index contributed by atoms with van der Waals surface area (Å²) >= 11 is 0. The first-order valence-corrected chi connectivity index (χ1v) is 7.58. The van der Waals surface area contributed by atoms with Crippen molar-refractivity contribution in [3.63, 3.8) is 0 Å². The number of nitrogens with zero attached hydrogens (tertiary/aromatic N) is 1. The fourth-order valence-corrected chi connectivity index (χ4v) is 4.11. The molecule has 3 fully saturated rings. The van der Waals surface area contributed by atoms with E-state index in [2.05, 4.69) is 0 Å². The molecular weight excluding hydrogens is 242 g/mol. The van der Waals surface area contributed by atoms with Crippen molar-refractivity contribution in [1.29, 1.82) is 0 Å². The van der Waals surface area contributed by atoms with Crippen LogP contribution < -0.4 is 0 Å².